The van der Waals surface area contributed by atoms with Crippen LogP contribution in [0, 0.1) is 17.0 Å². The van der Waals surface area contributed by atoms with Crippen molar-refractivity contribution in [3.8, 4) is 0 Å². The second-order valence-corrected chi connectivity index (χ2v) is 8.18. The molecule has 0 aliphatic carbocycles. The summed E-state index contributed by atoms with van der Waals surface area (Å²) in [5.41, 5.74) is 0.851. The lowest BCUT2D eigenvalue weighted by atomic mass is 10.2. The molecule has 0 aromatic heterocycles. The van der Waals surface area contributed by atoms with Crippen LogP contribution in [0.25, 0.3) is 0 Å². The fourth-order valence-corrected chi connectivity index (χ4v) is 4.73. The molecule has 2 atom stereocenters. The molecular weight excluding hydrogens is 374 g/mol. The van der Waals surface area contributed by atoms with E-state index in [2.05, 4.69) is 5.32 Å². The number of non-ortho nitro benzene ring substituents is 1. The molecule has 3 rings (SSSR count). The molecule has 0 unspecified atom stereocenters. The lowest BCUT2D eigenvalue weighted by Crippen LogP contribution is -2.47. The van der Waals surface area contributed by atoms with E-state index in [0.717, 1.165) is 0 Å². The van der Waals surface area contributed by atoms with Gasteiger partial charge < -0.3 is 15.0 Å². The molecule has 1 N–H and O–H groups in total. The van der Waals surface area contributed by atoms with Gasteiger partial charge in [-0.05, 0) is 31.9 Å². The first kappa shape index (κ1) is 19.2. The number of benzene rings is 1. The second-order valence-electron chi connectivity index (χ2n) is 6.68. The maximum Gasteiger partial charge on any atom is 0.330 e. The Bertz CT molecular complexity index is 829. The second kappa shape index (κ2) is 7.18. The van der Waals surface area contributed by atoms with Gasteiger partial charge in [0.15, 0.2) is 6.61 Å². The van der Waals surface area contributed by atoms with Crippen molar-refractivity contribution in [3.63, 3.8) is 0 Å². The molecule has 2 fully saturated rings. The Morgan fingerprint density at radius 3 is 2.89 bits per heavy atom. The topological polar surface area (TPSA) is 119 Å². The van der Waals surface area contributed by atoms with Gasteiger partial charge in [0, 0.05) is 30.0 Å². The minimum absolute atomic E-state index is 0.0737. The highest BCUT2D eigenvalue weighted by atomic mass is 32.2. The van der Waals surface area contributed by atoms with E-state index in [-0.39, 0.29) is 16.5 Å². The molecule has 2 heterocycles. The number of nitrogens with one attached hydrogen (secondary N) is 1. The summed E-state index contributed by atoms with van der Waals surface area (Å²) in [6, 6.07) is 3.38. The van der Waals surface area contributed by atoms with E-state index in [1.165, 1.54) is 18.2 Å². The summed E-state index contributed by atoms with van der Waals surface area (Å²) in [6.45, 7) is 3.07. The fourth-order valence-electron chi connectivity index (χ4n) is 3.32. The number of thioether (sulfide) groups is 1. The third-order valence-corrected chi connectivity index (χ3v) is 6.26. The van der Waals surface area contributed by atoms with E-state index in [0.29, 0.717) is 29.8 Å². The Morgan fingerprint density at radius 1 is 1.48 bits per heavy atom. The molecular formula is C17H19N3O6S. The van der Waals surface area contributed by atoms with Crippen molar-refractivity contribution in [2.24, 2.45) is 0 Å². The van der Waals surface area contributed by atoms with Crippen LogP contribution < -0.4 is 5.32 Å². The number of rotatable bonds is 5. The summed E-state index contributed by atoms with van der Waals surface area (Å²) in [5.74, 6) is -0.779. The minimum atomic E-state index is -0.677. The van der Waals surface area contributed by atoms with Crippen molar-refractivity contribution in [1.82, 2.24) is 4.90 Å². The van der Waals surface area contributed by atoms with E-state index >= 15 is 0 Å². The summed E-state index contributed by atoms with van der Waals surface area (Å²) in [7, 11) is 0. The number of esters is 1. The first-order valence-corrected chi connectivity index (χ1v) is 9.37. The van der Waals surface area contributed by atoms with Crippen molar-refractivity contribution >= 4 is 40.9 Å². The van der Waals surface area contributed by atoms with Crippen molar-refractivity contribution in [1.29, 1.82) is 0 Å². The highest BCUT2D eigenvalue weighted by Crippen LogP contribution is 2.47. The van der Waals surface area contributed by atoms with Crippen molar-refractivity contribution in [2.75, 3.05) is 17.7 Å². The molecule has 2 amide bonds. The molecule has 144 valence electrons. The largest absolute Gasteiger partial charge is 0.454 e. The number of ether oxygens (including phenoxy) is 1. The monoisotopic (exact) mass is 393 g/mol. The molecule has 0 bridgehead atoms. The van der Waals surface area contributed by atoms with Crippen LogP contribution in [0.15, 0.2) is 18.2 Å². The number of nitrogens with zero attached hydrogens (tertiary/aromatic N) is 2. The normalized spacial score (nSPS) is 23.9. The van der Waals surface area contributed by atoms with E-state index in [1.54, 1.807) is 23.6 Å². The van der Waals surface area contributed by atoms with Crippen LogP contribution in [0.3, 0.4) is 0 Å². The number of carbonyl (C=O) groups excluding carboxylic acids is 3. The number of nitro benzene ring substituents is 1. The first-order chi connectivity index (χ1) is 12.7. The molecule has 1 aromatic rings. The minimum Gasteiger partial charge on any atom is -0.454 e. The third kappa shape index (κ3) is 3.75. The Morgan fingerprint density at radius 2 is 2.22 bits per heavy atom. The molecule has 1 aromatic carbocycles. The number of hydrogen-bond donors (Lipinski definition) is 1. The van der Waals surface area contributed by atoms with E-state index in [9.17, 15) is 24.5 Å². The fraction of sp³-hybridized carbons (Fsp3) is 0.471. The summed E-state index contributed by atoms with van der Waals surface area (Å²) in [6.07, 6.45) is 1.10. The number of carbonyl (C=O) groups is 3. The zero-order chi connectivity index (χ0) is 19.8. The van der Waals surface area contributed by atoms with Crippen LogP contribution in [-0.4, -0.2) is 50.9 Å². The maximum absolute atomic E-state index is 12.3. The Labute approximate surface area is 159 Å². The van der Waals surface area contributed by atoms with Crippen LogP contribution in [0.2, 0.25) is 0 Å². The van der Waals surface area contributed by atoms with Gasteiger partial charge in [0.25, 0.3) is 11.6 Å². The van der Waals surface area contributed by atoms with Crippen molar-refractivity contribution < 1.29 is 24.0 Å². The van der Waals surface area contributed by atoms with Crippen molar-refractivity contribution in [3.05, 3.63) is 33.9 Å². The van der Waals surface area contributed by atoms with Gasteiger partial charge >= 0.3 is 5.97 Å². The average Bonchev–Trinajstić information content (AvgIpc) is 3.10. The zero-order valence-electron chi connectivity index (χ0n) is 14.9. The summed E-state index contributed by atoms with van der Waals surface area (Å²) >= 11 is 1.55. The van der Waals surface area contributed by atoms with Gasteiger partial charge in [0.2, 0.25) is 5.91 Å². The quantitative estimate of drug-likeness (QED) is 0.460. The summed E-state index contributed by atoms with van der Waals surface area (Å²) in [5, 5.41) is 13.3. The Kier molecular flexibility index (Phi) is 5.09. The van der Waals surface area contributed by atoms with Gasteiger partial charge in [-0.2, -0.15) is 0 Å². The predicted octanol–water partition coefficient (Wildman–Crippen LogP) is 1.84. The lowest BCUT2D eigenvalue weighted by Gasteiger charge is -2.29. The smallest absolute Gasteiger partial charge is 0.330 e. The maximum atomic E-state index is 12.3. The predicted molar refractivity (Wildman–Crippen MR) is 98.2 cm³/mol. The Balaban J connectivity index is 1.56. The van der Waals surface area contributed by atoms with Gasteiger partial charge in [-0.15, -0.1) is 11.8 Å². The molecule has 2 aliphatic rings. The average molecular weight is 393 g/mol. The number of anilines is 1. The van der Waals surface area contributed by atoms with E-state index < -0.39 is 29.4 Å². The van der Waals surface area contributed by atoms with Crippen LogP contribution in [0.1, 0.15) is 25.3 Å². The molecule has 0 radical (unpaired) electrons. The first-order valence-electron chi connectivity index (χ1n) is 8.39. The van der Waals surface area contributed by atoms with Gasteiger partial charge in [0.1, 0.15) is 6.04 Å². The van der Waals surface area contributed by atoms with Gasteiger partial charge in [-0.3, -0.25) is 19.7 Å². The summed E-state index contributed by atoms with van der Waals surface area (Å²) in [4.78, 5) is 47.8. The molecule has 27 heavy (non-hydrogen) atoms. The van der Waals surface area contributed by atoms with Gasteiger partial charge in [-0.1, -0.05) is 0 Å². The van der Waals surface area contributed by atoms with Gasteiger partial charge in [0.05, 0.1) is 9.79 Å². The lowest BCUT2D eigenvalue weighted by molar-refractivity contribution is -0.384. The standard InChI is InChI=1S/C17H19N3O6S/c1-10-7-11(20(24)25)3-4-12(10)18-14(21)8-26-16(23)13-9-27-17(2)6-5-15(22)19(13)17/h3-4,7,13H,5-6,8-9H2,1-2H3,(H,18,21)/t13-,17-/m0/s1. The van der Waals surface area contributed by atoms with E-state index in [1.807, 2.05) is 6.92 Å². The van der Waals surface area contributed by atoms with Crippen LogP contribution >= 0.6 is 11.8 Å². The highest BCUT2D eigenvalue weighted by molar-refractivity contribution is 8.01. The van der Waals surface area contributed by atoms with Crippen LogP contribution in [0.4, 0.5) is 11.4 Å². The number of amides is 2. The van der Waals surface area contributed by atoms with E-state index in [4.69, 9.17) is 4.74 Å². The number of aryl methyl sites for hydroxylation is 1. The highest BCUT2D eigenvalue weighted by Gasteiger charge is 2.53. The van der Waals surface area contributed by atoms with Gasteiger partial charge in [-0.25, -0.2) is 4.79 Å². The molecule has 2 saturated heterocycles. The number of fused-ring (bicyclic) bond motifs is 1. The molecule has 9 nitrogen and oxygen atoms in total. The number of nitro groups is 1. The molecule has 0 saturated carbocycles. The molecule has 0 spiro atoms. The van der Waals surface area contributed by atoms with Crippen molar-refractivity contribution in [2.45, 2.75) is 37.6 Å². The van der Waals surface area contributed by atoms with Crippen LogP contribution in [-0.2, 0) is 19.1 Å². The third-order valence-electron chi connectivity index (χ3n) is 4.76. The number of hydrogen-bond acceptors (Lipinski definition) is 7. The Hall–Kier alpha value is -2.62. The van der Waals surface area contributed by atoms with Crippen LogP contribution in [0.5, 0.6) is 0 Å². The molecule has 10 heteroatoms. The summed E-state index contributed by atoms with van der Waals surface area (Å²) < 4.78 is 5.10. The molecule has 2 aliphatic heterocycles. The SMILES string of the molecule is Cc1cc([N+](=O)[O-])ccc1NC(=O)COC(=O)[C@@H]1CS[C@@]2(C)CCC(=O)N12. The zero-order valence-corrected chi connectivity index (χ0v) is 15.7.